The maximum atomic E-state index is 4.38. The van der Waals surface area contributed by atoms with Crippen LogP contribution in [-0.2, 0) is 0 Å². The van der Waals surface area contributed by atoms with Crippen molar-refractivity contribution in [1.29, 1.82) is 0 Å². The van der Waals surface area contributed by atoms with Crippen molar-refractivity contribution in [3.63, 3.8) is 0 Å². The Morgan fingerprint density at radius 3 is 2.41 bits per heavy atom. The Balaban J connectivity index is 1.62. The predicted molar refractivity (Wildman–Crippen MR) is 94.5 cm³/mol. The van der Waals surface area contributed by atoms with Gasteiger partial charge in [-0.05, 0) is 45.2 Å². The molecule has 0 spiro atoms. The van der Waals surface area contributed by atoms with Crippen LogP contribution in [0, 0.1) is 0 Å². The van der Waals surface area contributed by atoms with Crippen molar-refractivity contribution < 1.29 is 0 Å². The number of guanidine groups is 1. The van der Waals surface area contributed by atoms with E-state index < -0.39 is 0 Å². The molecule has 1 aliphatic carbocycles. The van der Waals surface area contributed by atoms with Crippen LogP contribution < -0.4 is 10.6 Å². The number of aliphatic imine (C=N–C) groups is 1. The molecule has 0 aromatic heterocycles. The Morgan fingerprint density at radius 2 is 1.86 bits per heavy atom. The van der Waals surface area contributed by atoms with Crippen LogP contribution in [0.2, 0.25) is 0 Å². The monoisotopic (exact) mass is 309 g/mol. The first-order valence-corrected chi connectivity index (χ1v) is 9.20. The number of hydrogen-bond acceptors (Lipinski definition) is 3. The van der Waals surface area contributed by atoms with Crippen LogP contribution >= 0.6 is 0 Å². The molecule has 0 amide bonds. The molecule has 0 radical (unpaired) electrons. The minimum atomic E-state index is 0.583. The van der Waals surface area contributed by atoms with Gasteiger partial charge >= 0.3 is 0 Å². The first kappa shape index (κ1) is 17.5. The number of piperidine rings is 1. The fraction of sp³-hybridized carbons (Fsp3) is 0.941. The summed E-state index contributed by atoms with van der Waals surface area (Å²) < 4.78 is 0. The second-order valence-electron chi connectivity index (χ2n) is 6.62. The molecule has 5 nitrogen and oxygen atoms in total. The number of hydrogen-bond donors (Lipinski definition) is 2. The van der Waals surface area contributed by atoms with Gasteiger partial charge in [0.2, 0.25) is 0 Å². The van der Waals surface area contributed by atoms with Crippen molar-refractivity contribution >= 4 is 5.96 Å². The van der Waals surface area contributed by atoms with Crippen molar-refractivity contribution in [2.75, 3.05) is 46.3 Å². The molecule has 0 bridgehead atoms. The van der Waals surface area contributed by atoms with E-state index in [1.54, 1.807) is 0 Å². The Morgan fingerprint density at radius 1 is 1.14 bits per heavy atom. The summed E-state index contributed by atoms with van der Waals surface area (Å²) in [7, 11) is 1.87. The van der Waals surface area contributed by atoms with Crippen LogP contribution in [0.3, 0.4) is 0 Å². The zero-order valence-corrected chi connectivity index (χ0v) is 14.8. The summed E-state index contributed by atoms with van der Waals surface area (Å²) >= 11 is 0. The zero-order valence-electron chi connectivity index (χ0n) is 14.8. The number of nitrogens with zero attached hydrogens (tertiary/aromatic N) is 3. The van der Waals surface area contributed by atoms with Gasteiger partial charge in [-0.2, -0.15) is 0 Å². The van der Waals surface area contributed by atoms with E-state index in [1.807, 2.05) is 7.05 Å². The van der Waals surface area contributed by atoms with Crippen LogP contribution in [0.1, 0.15) is 46.0 Å². The zero-order chi connectivity index (χ0) is 15.8. The summed E-state index contributed by atoms with van der Waals surface area (Å²) in [5.41, 5.74) is 0. The molecule has 0 atom stereocenters. The highest BCUT2D eigenvalue weighted by Crippen LogP contribution is 2.29. The van der Waals surface area contributed by atoms with E-state index >= 15 is 0 Å². The van der Waals surface area contributed by atoms with Gasteiger partial charge in [-0.3, -0.25) is 4.99 Å². The van der Waals surface area contributed by atoms with Gasteiger partial charge in [0.25, 0.3) is 0 Å². The molecule has 2 rings (SSSR count). The van der Waals surface area contributed by atoms with Gasteiger partial charge < -0.3 is 20.4 Å². The van der Waals surface area contributed by atoms with E-state index in [-0.39, 0.29) is 0 Å². The Kier molecular flexibility index (Phi) is 7.46. The van der Waals surface area contributed by atoms with E-state index in [2.05, 4.69) is 39.3 Å². The molecule has 5 heteroatoms. The lowest BCUT2D eigenvalue weighted by atomic mass is 10.1. The highest BCUT2D eigenvalue weighted by atomic mass is 15.2. The van der Waals surface area contributed by atoms with Crippen LogP contribution in [0.5, 0.6) is 0 Å². The molecule has 2 N–H and O–H groups in total. The van der Waals surface area contributed by atoms with Crippen molar-refractivity contribution in [2.24, 2.45) is 4.99 Å². The van der Waals surface area contributed by atoms with Gasteiger partial charge in [0, 0.05) is 45.3 Å². The average molecular weight is 310 g/mol. The number of likely N-dealkylation sites (tertiary alicyclic amines) is 1. The number of rotatable bonds is 8. The molecule has 128 valence electrons. The molecule has 0 aromatic carbocycles. The lowest BCUT2D eigenvalue weighted by molar-refractivity contribution is 0.197. The molecule has 0 aromatic rings. The maximum Gasteiger partial charge on any atom is 0.191 e. The summed E-state index contributed by atoms with van der Waals surface area (Å²) in [5.74, 6) is 0.970. The van der Waals surface area contributed by atoms with Crippen molar-refractivity contribution in [3.05, 3.63) is 0 Å². The van der Waals surface area contributed by atoms with Crippen LogP contribution in [0.4, 0.5) is 0 Å². The number of nitrogens with one attached hydrogen (secondary N) is 2. The number of likely N-dealkylation sites (N-methyl/N-ethyl adjacent to an activating group) is 1. The van der Waals surface area contributed by atoms with E-state index in [9.17, 15) is 0 Å². The highest BCUT2D eigenvalue weighted by Gasteiger charge is 2.31. The van der Waals surface area contributed by atoms with Crippen LogP contribution in [0.25, 0.3) is 0 Å². The smallest absolute Gasteiger partial charge is 0.191 e. The minimum Gasteiger partial charge on any atom is -0.355 e. The largest absolute Gasteiger partial charge is 0.355 e. The van der Waals surface area contributed by atoms with Crippen LogP contribution in [0.15, 0.2) is 4.99 Å². The SMILES string of the molecule is CCCN(CC)CCNC(=NC)NC1CCN(C2CC2)CC1. The molecule has 1 aliphatic heterocycles. The van der Waals surface area contributed by atoms with E-state index in [0.29, 0.717) is 6.04 Å². The second-order valence-corrected chi connectivity index (χ2v) is 6.62. The van der Waals surface area contributed by atoms with Crippen molar-refractivity contribution in [3.8, 4) is 0 Å². The fourth-order valence-corrected chi connectivity index (χ4v) is 3.31. The van der Waals surface area contributed by atoms with Crippen molar-refractivity contribution in [2.45, 2.75) is 58.0 Å². The molecular formula is C17H35N5. The first-order valence-electron chi connectivity index (χ1n) is 9.20. The molecule has 1 saturated heterocycles. The molecule has 22 heavy (non-hydrogen) atoms. The lowest BCUT2D eigenvalue weighted by Gasteiger charge is -2.33. The third-order valence-electron chi connectivity index (χ3n) is 4.86. The quantitative estimate of drug-likeness (QED) is 0.527. The first-order chi connectivity index (χ1) is 10.8. The second kappa shape index (κ2) is 9.36. The summed E-state index contributed by atoms with van der Waals surface area (Å²) in [6, 6.07) is 1.50. The fourth-order valence-electron chi connectivity index (χ4n) is 3.31. The molecule has 2 fully saturated rings. The summed E-state index contributed by atoms with van der Waals surface area (Å²) in [6.07, 6.45) is 6.56. The van der Waals surface area contributed by atoms with Gasteiger partial charge in [0.05, 0.1) is 0 Å². The third-order valence-corrected chi connectivity index (χ3v) is 4.86. The van der Waals surface area contributed by atoms with E-state index in [4.69, 9.17) is 0 Å². The van der Waals surface area contributed by atoms with Crippen molar-refractivity contribution in [1.82, 2.24) is 20.4 Å². The lowest BCUT2D eigenvalue weighted by Crippen LogP contribution is -2.50. The Labute approximate surface area is 136 Å². The van der Waals surface area contributed by atoms with Gasteiger partial charge in [-0.1, -0.05) is 13.8 Å². The van der Waals surface area contributed by atoms with Gasteiger partial charge in [-0.25, -0.2) is 0 Å². The molecular weight excluding hydrogens is 274 g/mol. The molecule has 0 unspecified atom stereocenters. The van der Waals surface area contributed by atoms with Gasteiger partial charge in [-0.15, -0.1) is 0 Å². The van der Waals surface area contributed by atoms with Crippen LogP contribution in [-0.4, -0.2) is 74.2 Å². The third kappa shape index (κ3) is 5.76. The van der Waals surface area contributed by atoms with E-state index in [0.717, 1.165) is 31.6 Å². The Hall–Kier alpha value is -0.810. The van der Waals surface area contributed by atoms with Gasteiger partial charge in [0.15, 0.2) is 5.96 Å². The molecule has 1 saturated carbocycles. The summed E-state index contributed by atoms with van der Waals surface area (Å²) in [5, 5.41) is 7.07. The predicted octanol–water partition coefficient (Wildman–Crippen LogP) is 1.51. The Bertz CT molecular complexity index is 332. The van der Waals surface area contributed by atoms with E-state index in [1.165, 1.54) is 51.7 Å². The van der Waals surface area contributed by atoms with Gasteiger partial charge in [0.1, 0.15) is 0 Å². The minimum absolute atomic E-state index is 0.583. The maximum absolute atomic E-state index is 4.38. The normalized spacial score (nSPS) is 21.4. The summed E-state index contributed by atoms with van der Waals surface area (Å²) in [4.78, 5) is 9.53. The topological polar surface area (TPSA) is 42.9 Å². The highest BCUT2D eigenvalue weighted by molar-refractivity contribution is 5.79. The molecule has 2 aliphatic rings. The summed E-state index contributed by atoms with van der Waals surface area (Å²) in [6.45, 7) is 11.3. The molecule has 1 heterocycles. The standard InChI is InChI=1S/C17H35N5/c1-4-11-21(5-2)14-10-19-17(18-3)20-15-8-12-22(13-9-15)16-6-7-16/h15-16H,4-14H2,1-3H3,(H2,18,19,20). The average Bonchev–Trinajstić information content (AvgIpc) is 3.38.